The fraction of sp³-hybridized carbons (Fsp3) is 0.909. The Morgan fingerprint density at radius 2 is 1.69 bits per heavy atom. The third kappa shape index (κ3) is 2.45. The average molecular weight is 178 g/mol. The second-order valence-electron chi connectivity index (χ2n) is 4.42. The monoisotopic (exact) mass is 178 g/mol. The second kappa shape index (κ2) is 4.11. The second-order valence-corrected chi connectivity index (χ2v) is 4.42. The Balaban J connectivity index is 1.67. The Bertz CT molecular complexity index is 195. The Morgan fingerprint density at radius 1 is 1.08 bits per heavy atom. The van der Waals surface area contributed by atoms with Crippen molar-refractivity contribution in [2.24, 2.45) is 11.8 Å². The molecule has 13 heavy (non-hydrogen) atoms. The first-order valence-corrected chi connectivity index (χ1v) is 5.49. The molecule has 1 saturated heterocycles. The van der Waals surface area contributed by atoms with E-state index in [0.717, 1.165) is 18.4 Å². The summed E-state index contributed by atoms with van der Waals surface area (Å²) < 4.78 is 0. The maximum absolute atomic E-state index is 8.47. The Labute approximate surface area is 80.5 Å². The van der Waals surface area contributed by atoms with Crippen molar-refractivity contribution in [3.05, 3.63) is 0 Å². The highest BCUT2D eigenvalue weighted by molar-refractivity contribution is 4.85. The lowest BCUT2D eigenvalue weighted by Crippen LogP contribution is -2.34. The van der Waals surface area contributed by atoms with E-state index >= 15 is 0 Å². The molecular formula is C11H18N2. The first-order chi connectivity index (χ1) is 6.40. The summed E-state index contributed by atoms with van der Waals surface area (Å²) in [4.78, 5) is 2.45. The lowest BCUT2D eigenvalue weighted by atomic mass is 9.92. The third-order valence-corrected chi connectivity index (χ3v) is 3.46. The van der Waals surface area contributed by atoms with E-state index in [-0.39, 0.29) is 0 Å². The van der Waals surface area contributed by atoms with E-state index in [0.29, 0.717) is 6.42 Å². The molecule has 0 bridgehead atoms. The van der Waals surface area contributed by atoms with Crippen LogP contribution >= 0.6 is 0 Å². The predicted octanol–water partition coefficient (Wildman–Crippen LogP) is 2.02. The van der Waals surface area contributed by atoms with Crippen LogP contribution in [0, 0.1) is 23.2 Å². The van der Waals surface area contributed by atoms with E-state index in [2.05, 4.69) is 11.0 Å². The number of piperidine rings is 1. The molecule has 1 heterocycles. The summed E-state index contributed by atoms with van der Waals surface area (Å²) in [6.07, 6.45) is 6.45. The zero-order valence-corrected chi connectivity index (χ0v) is 8.21. The van der Waals surface area contributed by atoms with Crippen molar-refractivity contribution < 1.29 is 0 Å². The summed E-state index contributed by atoms with van der Waals surface area (Å²) in [6, 6.07) is 2.22. The zero-order valence-electron chi connectivity index (χ0n) is 8.21. The molecule has 0 amide bonds. The maximum atomic E-state index is 8.47. The fourth-order valence-corrected chi connectivity index (χ4v) is 2.42. The van der Waals surface area contributed by atoms with E-state index < -0.39 is 0 Å². The van der Waals surface area contributed by atoms with E-state index in [1.807, 2.05) is 0 Å². The molecule has 0 aromatic carbocycles. The van der Waals surface area contributed by atoms with Gasteiger partial charge in [0, 0.05) is 13.0 Å². The van der Waals surface area contributed by atoms with E-state index in [4.69, 9.17) is 5.26 Å². The molecule has 1 aliphatic heterocycles. The van der Waals surface area contributed by atoms with Gasteiger partial charge in [0.25, 0.3) is 0 Å². The van der Waals surface area contributed by atoms with Gasteiger partial charge in [-0.05, 0) is 50.6 Å². The van der Waals surface area contributed by atoms with Gasteiger partial charge in [-0.1, -0.05) is 0 Å². The van der Waals surface area contributed by atoms with Crippen LogP contribution in [0.1, 0.15) is 32.1 Å². The van der Waals surface area contributed by atoms with Crippen LogP contribution in [0.3, 0.4) is 0 Å². The van der Waals surface area contributed by atoms with Gasteiger partial charge in [-0.15, -0.1) is 0 Å². The molecule has 0 aromatic heterocycles. The topological polar surface area (TPSA) is 27.0 Å². The summed E-state index contributed by atoms with van der Waals surface area (Å²) >= 11 is 0. The zero-order chi connectivity index (χ0) is 9.10. The third-order valence-electron chi connectivity index (χ3n) is 3.46. The summed E-state index contributed by atoms with van der Waals surface area (Å²) in [5, 5.41) is 8.47. The van der Waals surface area contributed by atoms with Crippen LogP contribution in [0.2, 0.25) is 0 Å². The summed E-state index contributed by atoms with van der Waals surface area (Å²) in [7, 11) is 0. The number of hydrogen-bond donors (Lipinski definition) is 0. The molecule has 2 rings (SSSR count). The molecule has 0 aromatic rings. The van der Waals surface area contributed by atoms with Crippen molar-refractivity contribution in [1.82, 2.24) is 4.90 Å². The Kier molecular flexibility index (Phi) is 2.85. The van der Waals surface area contributed by atoms with Crippen molar-refractivity contribution in [2.45, 2.75) is 32.1 Å². The molecule has 72 valence electrons. The number of rotatable bonds is 3. The van der Waals surface area contributed by atoms with Gasteiger partial charge in [-0.3, -0.25) is 0 Å². The molecule has 2 fully saturated rings. The van der Waals surface area contributed by atoms with Crippen molar-refractivity contribution in [3.63, 3.8) is 0 Å². The van der Waals surface area contributed by atoms with Crippen LogP contribution in [0.4, 0.5) is 0 Å². The number of likely N-dealkylation sites (tertiary alicyclic amines) is 1. The molecule has 0 unspecified atom stereocenters. The minimum Gasteiger partial charge on any atom is -0.302 e. The molecule has 0 radical (unpaired) electrons. The lowest BCUT2D eigenvalue weighted by Gasteiger charge is -2.31. The summed E-state index contributed by atoms with van der Waals surface area (Å²) in [5.41, 5.74) is 0. The molecule has 0 N–H and O–H groups in total. The molecule has 2 heteroatoms. The molecule has 1 aliphatic carbocycles. The molecule has 0 atom stereocenters. The van der Waals surface area contributed by atoms with E-state index in [1.165, 1.54) is 38.8 Å². The highest BCUT2D eigenvalue weighted by Gasteiger charge is 2.33. The molecule has 2 aliphatic rings. The summed E-state index contributed by atoms with van der Waals surface area (Å²) in [6.45, 7) is 3.47. The predicted molar refractivity (Wildman–Crippen MR) is 52.1 cm³/mol. The van der Waals surface area contributed by atoms with Crippen LogP contribution in [-0.2, 0) is 0 Å². The normalized spacial score (nSPS) is 25.8. The minimum atomic E-state index is 0.702. The van der Waals surface area contributed by atoms with Crippen LogP contribution in [0.25, 0.3) is 0 Å². The first kappa shape index (κ1) is 9.02. The summed E-state index contributed by atoms with van der Waals surface area (Å²) in [5.74, 6) is 2.11. The van der Waals surface area contributed by atoms with Crippen LogP contribution in [-0.4, -0.2) is 24.5 Å². The van der Waals surface area contributed by atoms with Crippen LogP contribution < -0.4 is 0 Å². The van der Waals surface area contributed by atoms with Crippen molar-refractivity contribution in [2.75, 3.05) is 19.6 Å². The highest BCUT2D eigenvalue weighted by atomic mass is 15.1. The maximum Gasteiger partial charge on any atom is 0.0635 e. The Hall–Kier alpha value is -0.550. The van der Waals surface area contributed by atoms with Crippen LogP contribution in [0.15, 0.2) is 0 Å². The molecule has 1 saturated carbocycles. The standard InChI is InChI=1S/C11H18N2/c12-6-1-7-13-8-4-11(5-9-13)10-2-3-10/h10-11H,1-5,7-9H2. The Morgan fingerprint density at radius 3 is 2.23 bits per heavy atom. The first-order valence-electron chi connectivity index (χ1n) is 5.49. The molecule has 2 nitrogen and oxygen atoms in total. The largest absolute Gasteiger partial charge is 0.302 e. The quantitative estimate of drug-likeness (QED) is 0.661. The van der Waals surface area contributed by atoms with Gasteiger partial charge in [0.2, 0.25) is 0 Å². The van der Waals surface area contributed by atoms with Gasteiger partial charge in [0.15, 0.2) is 0 Å². The van der Waals surface area contributed by atoms with Gasteiger partial charge >= 0.3 is 0 Å². The van der Waals surface area contributed by atoms with Gasteiger partial charge < -0.3 is 4.90 Å². The van der Waals surface area contributed by atoms with Gasteiger partial charge in [-0.2, -0.15) is 5.26 Å². The van der Waals surface area contributed by atoms with Crippen molar-refractivity contribution in [1.29, 1.82) is 5.26 Å². The SMILES string of the molecule is N#CCCN1CCC(C2CC2)CC1. The molecule has 0 spiro atoms. The van der Waals surface area contributed by atoms with E-state index in [1.54, 1.807) is 0 Å². The fourth-order valence-electron chi connectivity index (χ4n) is 2.42. The van der Waals surface area contributed by atoms with Gasteiger partial charge in [0.1, 0.15) is 0 Å². The number of hydrogen-bond acceptors (Lipinski definition) is 2. The van der Waals surface area contributed by atoms with Crippen LogP contribution in [0.5, 0.6) is 0 Å². The van der Waals surface area contributed by atoms with E-state index in [9.17, 15) is 0 Å². The number of nitrogens with zero attached hydrogens (tertiary/aromatic N) is 2. The van der Waals surface area contributed by atoms with Crippen molar-refractivity contribution in [3.8, 4) is 6.07 Å². The lowest BCUT2D eigenvalue weighted by molar-refractivity contribution is 0.175. The smallest absolute Gasteiger partial charge is 0.0635 e. The van der Waals surface area contributed by atoms with Gasteiger partial charge in [-0.25, -0.2) is 0 Å². The highest BCUT2D eigenvalue weighted by Crippen LogP contribution is 2.41. The number of nitriles is 1. The van der Waals surface area contributed by atoms with Crippen molar-refractivity contribution >= 4 is 0 Å². The molecular weight excluding hydrogens is 160 g/mol. The minimum absolute atomic E-state index is 0.702. The van der Waals surface area contributed by atoms with Gasteiger partial charge in [0.05, 0.1) is 6.07 Å². The average Bonchev–Trinajstić information content (AvgIpc) is 2.99.